The Hall–Kier alpha value is -2.77. The summed E-state index contributed by atoms with van der Waals surface area (Å²) in [6.45, 7) is 7.83. The molecule has 1 aromatic heterocycles. The first-order chi connectivity index (χ1) is 14.9. The molecule has 1 N–H and O–H groups in total. The van der Waals surface area contributed by atoms with Gasteiger partial charge in [0, 0.05) is 43.2 Å². The number of aryl methyl sites for hydroxylation is 1. The number of benzene rings is 2. The summed E-state index contributed by atoms with van der Waals surface area (Å²) in [5, 5.41) is 3.68. The molecule has 1 saturated heterocycles. The summed E-state index contributed by atoms with van der Waals surface area (Å²) in [5.74, 6) is -1.17. The number of thiophene rings is 1. The van der Waals surface area contributed by atoms with Gasteiger partial charge in [-0.25, -0.2) is 8.78 Å². The van der Waals surface area contributed by atoms with E-state index in [4.69, 9.17) is 0 Å². The highest BCUT2D eigenvalue weighted by molar-refractivity contribution is 7.16. The Kier molecular flexibility index (Phi) is 6.34. The Bertz CT molecular complexity index is 1090. The minimum atomic E-state index is -0.532. The zero-order valence-electron chi connectivity index (χ0n) is 17.6. The van der Waals surface area contributed by atoms with Crippen LogP contribution in [0.15, 0.2) is 48.5 Å². The van der Waals surface area contributed by atoms with Crippen LogP contribution in [0.1, 0.15) is 26.4 Å². The van der Waals surface area contributed by atoms with Crippen molar-refractivity contribution in [3.05, 3.63) is 81.7 Å². The zero-order chi connectivity index (χ0) is 22.0. The highest BCUT2D eigenvalue weighted by atomic mass is 32.1. The molecule has 2 aromatic carbocycles. The average molecular weight is 442 g/mol. The molecule has 0 unspecified atom stereocenters. The fraction of sp³-hybridized carbons (Fsp3) is 0.292. The van der Waals surface area contributed by atoms with Crippen LogP contribution in [0.25, 0.3) is 0 Å². The van der Waals surface area contributed by atoms with Gasteiger partial charge in [0.2, 0.25) is 0 Å². The molecular weight excluding hydrogens is 416 g/mol. The van der Waals surface area contributed by atoms with Crippen molar-refractivity contribution >= 4 is 27.9 Å². The Labute approximate surface area is 185 Å². The van der Waals surface area contributed by atoms with E-state index in [1.165, 1.54) is 29.5 Å². The first-order valence-electron chi connectivity index (χ1n) is 10.3. The van der Waals surface area contributed by atoms with Gasteiger partial charge in [0.1, 0.15) is 16.6 Å². The van der Waals surface area contributed by atoms with Crippen LogP contribution in [0, 0.1) is 25.5 Å². The maximum absolute atomic E-state index is 14.1. The van der Waals surface area contributed by atoms with Gasteiger partial charge in [0.15, 0.2) is 0 Å². The van der Waals surface area contributed by atoms with Gasteiger partial charge < -0.3 is 10.2 Å². The van der Waals surface area contributed by atoms with Crippen LogP contribution in [0.4, 0.5) is 19.5 Å². The number of rotatable bonds is 5. The average Bonchev–Trinajstić information content (AvgIpc) is 3.02. The molecule has 4 nitrogen and oxygen atoms in total. The monoisotopic (exact) mass is 441 g/mol. The second-order valence-electron chi connectivity index (χ2n) is 7.74. The second kappa shape index (κ2) is 9.16. The fourth-order valence-electron chi connectivity index (χ4n) is 3.86. The van der Waals surface area contributed by atoms with Gasteiger partial charge in [-0.1, -0.05) is 24.3 Å². The summed E-state index contributed by atoms with van der Waals surface area (Å²) in [6.07, 6.45) is 0. The van der Waals surface area contributed by atoms with Crippen molar-refractivity contribution in [3.8, 4) is 0 Å². The van der Waals surface area contributed by atoms with Gasteiger partial charge in [-0.05, 0) is 43.7 Å². The van der Waals surface area contributed by atoms with E-state index in [1.54, 1.807) is 18.2 Å². The molecule has 1 fully saturated rings. The summed E-state index contributed by atoms with van der Waals surface area (Å²) >= 11 is 1.52. The number of para-hydroxylation sites is 1. The van der Waals surface area contributed by atoms with Crippen molar-refractivity contribution in [3.63, 3.8) is 0 Å². The third kappa shape index (κ3) is 4.62. The molecule has 1 amide bonds. The topological polar surface area (TPSA) is 35.6 Å². The van der Waals surface area contributed by atoms with Crippen LogP contribution in [0.2, 0.25) is 0 Å². The minimum absolute atomic E-state index is 0.0376. The van der Waals surface area contributed by atoms with Gasteiger partial charge in [0.05, 0.1) is 11.3 Å². The largest absolute Gasteiger partial charge is 0.367 e. The fourth-order valence-corrected chi connectivity index (χ4v) is 4.93. The maximum atomic E-state index is 14.1. The van der Waals surface area contributed by atoms with E-state index in [2.05, 4.69) is 22.0 Å². The van der Waals surface area contributed by atoms with Gasteiger partial charge in [0.25, 0.3) is 5.91 Å². The first-order valence-corrected chi connectivity index (χ1v) is 11.1. The predicted molar refractivity (Wildman–Crippen MR) is 122 cm³/mol. The second-order valence-corrected chi connectivity index (χ2v) is 8.96. The lowest BCUT2D eigenvalue weighted by atomic mass is 10.1. The third-order valence-corrected chi connectivity index (χ3v) is 6.97. The number of hydrogen-bond acceptors (Lipinski definition) is 4. The van der Waals surface area contributed by atoms with Gasteiger partial charge >= 0.3 is 0 Å². The molecule has 0 saturated carbocycles. The molecule has 0 spiro atoms. The minimum Gasteiger partial charge on any atom is -0.367 e. The van der Waals surface area contributed by atoms with Crippen molar-refractivity contribution in [2.45, 2.75) is 20.4 Å². The highest BCUT2D eigenvalue weighted by Crippen LogP contribution is 2.34. The number of carbonyl (C=O) groups is 1. The van der Waals surface area contributed by atoms with Crippen LogP contribution in [-0.4, -0.2) is 37.0 Å². The third-order valence-electron chi connectivity index (χ3n) is 5.80. The lowest BCUT2D eigenvalue weighted by Gasteiger charge is -2.36. The van der Waals surface area contributed by atoms with Crippen molar-refractivity contribution < 1.29 is 13.6 Å². The van der Waals surface area contributed by atoms with Crippen LogP contribution >= 0.6 is 11.3 Å². The molecule has 2 heterocycles. The van der Waals surface area contributed by atoms with Gasteiger partial charge in [-0.2, -0.15) is 0 Å². The van der Waals surface area contributed by atoms with E-state index in [1.807, 2.05) is 19.1 Å². The zero-order valence-corrected chi connectivity index (χ0v) is 18.4. The van der Waals surface area contributed by atoms with Crippen molar-refractivity contribution in [1.29, 1.82) is 0 Å². The SMILES string of the molecule is Cc1sc(NC(=O)c2ccccc2F)c(CN2CCN(c3ccccc3F)CC2)c1C. The first kappa shape index (κ1) is 21.5. The molecule has 0 bridgehead atoms. The number of halogens is 2. The normalized spacial score (nSPS) is 14.6. The molecule has 0 aliphatic carbocycles. The van der Waals surface area contributed by atoms with Crippen molar-refractivity contribution in [2.75, 3.05) is 36.4 Å². The van der Waals surface area contributed by atoms with Crippen molar-refractivity contribution in [2.24, 2.45) is 0 Å². The molecule has 1 aliphatic rings. The standard InChI is InChI=1S/C24H25F2N3OS/c1-16-17(2)31-24(27-23(30)18-7-3-4-8-20(18)25)19(16)15-28-11-13-29(14-12-28)22-10-6-5-9-21(22)26/h3-10H,11-15H2,1-2H3,(H,27,30). The van der Waals surface area contributed by atoms with E-state index in [0.717, 1.165) is 47.2 Å². The van der Waals surface area contributed by atoms with E-state index in [-0.39, 0.29) is 11.4 Å². The molecule has 0 radical (unpaired) electrons. The molecule has 1 aliphatic heterocycles. The number of amides is 1. The number of nitrogens with zero attached hydrogens (tertiary/aromatic N) is 2. The molecule has 3 aromatic rings. The van der Waals surface area contributed by atoms with E-state index in [0.29, 0.717) is 12.2 Å². The van der Waals surface area contributed by atoms with Gasteiger partial charge in [-0.3, -0.25) is 9.69 Å². The van der Waals surface area contributed by atoms with Crippen LogP contribution in [0.5, 0.6) is 0 Å². The quantitative estimate of drug-likeness (QED) is 0.590. The number of hydrogen-bond donors (Lipinski definition) is 1. The number of carbonyl (C=O) groups excluding carboxylic acids is 1. The summed E-state index contributed by atoms with van der Waals surface area (Å²) in [6, 6.07) is 12.9. The summed E-state index contributed by atoms with van der Waals surface area (Å²) in [5.41, 5.74) is 2.88. The van der Waals surface area contributed by atoms with Crippen LogP contribution < -0.4 is 10.2 Å². The molecule has 0 atom stereocenters. The van der Waals surface area contributed by atoms with E-state index < -0.39 is 11.7 Å². The lowest BCUT2D eigenvalue weighted by Crippen LogP contribution is -2.46. The highest BCUT2D eigenvalue weighted by Gasteiger charge is 2.23. The molecule has 162 valence electrons. The lowest BCUT2D eigenvalue weighted by molar-refractivity contribution is 0.102. The summed E-state index contributed by atoms with van der Waals surface area (Å²) < 4.78 is 28.1. The number of anilines is 2. The van der Waals surface area contributed by atoms with Crippen molar-refractivity contribution in [1.82, 2.24) is 4.90 Å². The maximum Gasteiger partial charge on any atom is 0.259 e. The molecular formula is C24H25F2N3OS. The molecule has 31 heavy (non-hydrogen) atoms. The number of nitrogens with one attached hydrogen (secondary N) is 1. The molecule has 7 heteroatoms. The molecule has 4 rings (SSSR count). The Morgan fingerprint density at radius 3 is 2.29 bits per heavy atom. The Morgan fingerprint density at radius 1 is 0.968 bits per heavy atom. The van der Waals surface area contributed by atoms with Crippen LogP contribution in [-0.2, 0) is 6.54 Å². The summed E-state index contributed by atoms with van der Waals surface area (Å²) in [4.78, 5) is 18.1. The predicted octanol–water partition coefficient (Wildman–Crippen LogP) is 5.22. The smallest absolute Gasteiger partial charge is 0.259 e. The Morgan fingerprint density at radius 2 is 1.61 bits per heavy atom. The Balaban J connectivity index is 1.45. The number of piperazine rings is 1. The van der Waals surface area contributed by atoms with Gasteiger partial charge in [-0.15, -0.1) is 11.3 Å². The van der Waals surface area contributed by atoms with Crippen LogP contribution in [0.3, 0.4) is 0 Å². The van der Waals surface area contributed by atoms with E-state index in [9.17, 15) is 13.6 Å². The summed E-state index contributed by atoms with van der Waals surface area (Å²) in [7, 11) is 0. The van der Waals surface area contributed by atoms with E-state index >= 15 is 0 Å².